The molecule has 192 valence electrons. The van der Waals surface area contributed by atoms with Crippen LogP contribution in [0.4, 0.5) is 0 Å². The van der Waals surface area contributed by atoms with Crippen molar-refractivity contribution in [1.29, 1.82) is 0 Å². The molecule has 0 spiro atoms. The van der Waals surface area contributed by atoms with Crippen LogP contribution in [-0.2, 0) is 29.0 Å². The van der Waals surface area contributed by atoms with Gasteiger partial charge in [0.15, 0.2) is 0 Å². The molecule has 0 saturated carbocycles. The van der Waals surface area contributed by atoms with E-state index in [4.69, 9.17) is 24.1 Å². The molecule has 3 aliphatic rings. The Morgan fingerprint density at radius 2 is 1.92 bits per heavy atom. The predicted molar refractivity (Wildman–Crippen MR) is 137 cm³/mol. The molecule has 0 radical (unpaired) electrons. The number of rotatable bonds is 8. The molecule has 0 amide bonds. The highest BCUT2D eigenvalue weighted by molar-refractivity contribution is 5.76. The molecule has 2 aliphatic heterocycles. The summed E-state index contributed by atoms with van der Waals surface area (Å²) in [5.41, 5.74) is 8.06. The van der Waals surface area contributed by atoms with Crippen LogP contribution in [0.2, 0.25) is 0 Å². The molecule has 2 heterocycles. The second kappa shape index (κ2) is 9.72. The fourth-order valence-corrected chi connectivity index (χ4v) is 5.53. The smallest absolute Gasteiger partial charge is 0.304 e. The van der Waals surface area contributed by atoms with Gasteiger partial charge < -0.3 is 29.2 Å². The van der Waals surface area contributed by atoms with Crippen LogP contribution in [0, 0.1) is 6.92 Å². The Hall–Kier alpha value is -3.55. The Labute approximate surface area is 215 Å². The fourth-order valence-electron chi connectivity index (χ4n) is 5.53. The summed E-state index contributed by atoms with van der Waals surface area (Å²) in [6.45, 7) is 3.64. The third kappa shape index (κ3) is 4.65. The average molecular weight is 503 g/mol. The molecular formula is C30H30O7. The molecule has 6 rings (SSSR count). The molecule has 1 aliphatic carbocycles. The van der Waals surface area contributed by atoms with Crippen molar-refractivity contribution in [2.75, 3.05) is 19.8 Å². The highest BCUT2D eigenvalue weighted by atomic mass is 16.6. The molecule has 3 aromatic rings. The number of hydrogen-bond acceptors (Lipinski definition) is 6. The summed E-state index contributed by atoms with van der Waals surface area (Å²) in [5.74, 6) is 1.32. The molecule has 0 aromatic heterocycles. The Bertz CT molecular complexity index is 1350. The summed E-state index contributed by atoms with van der Waals surface area (Å²) in [7, 11) is 0. The summed E-state index contributed by atoms with van der Waals surface area (Å²) >= 11 is 0. The zero-order valence-electron chi connectivity index (χ0n) is 20.7. The number of hydrogen-bond donors (Lipinski definition) is 2. The number of carboxylic acid groups (broad SMARTS) is 1. The van der Waals surface area contributed by atoms with E-state index in [0.29, 0.717) is 37.9 Å². The topological polar surface area (TPSA) is 94.5 Å². The van der Waals surface area contributed by atoms with Crippen molar-refractivity contribution in [3.05, 3.63) is 76.3 Å². The molecule has 2 unspecified atom stereocenters. The van der Waals surface area contributed by atoms with Gasteiger partial charge in [-0.3, -0.25) is 4.79 Å². The van der Waals surface area contributed by atoms with Crippen molar-refractivity contribution in [1.82, 2.24) is 0 Å². The number of aliphatic hydroxyl groups excluding tert-OH is 1. The Morgan fingerprint density at radius 3 is 2.68 bits per heavy atom. The minimum absolute atomic E-state index is 0.0627. The van der Waals surface area contributed by atoms with Crippen molar-refractivity contribution < 1.29 is 34.0 Å². The normalized spacial score (nSPS) is 21.5. The van der Waals surface area contributed by atoms with Crippen LogP contribution in [0.3, 0.4) is 0 Å². The Kier molecular flexibility index (Phi) is 6.26. The number of carboxylic acids is 1. The van der Waals surface area contributed by atoms with E-state index in [9.17, 15) is 9.90 Å². The molecule has 7 heteroatoms. The standard InChI is InChI=1S/C30H30O7/c1-17-9-27(37-28-16-34-15-25(28)31)23-7-8-24(23)30(17)19-4-2-3-18(10-19)13-35-21-5-6-22-20(11-29(32)33)14-36-26(22)12-21/h2-6,9-10,12,20,25,28,31H,7-8,11,13-16H2,1H3,(H,32,33)/t20-,25?,28?/m1/s1. The maximum absolute atomic E-state index is 11.1. The minimum atomic E-state index is -0.823. The molecule has 0 bridgehead atoms. The van der Waals surface area contributed by atoms with Crippen molar-refractivity contribution in [3.8, 4) is 28.4 Å². The van der Waals surface area contributed by atoms with Gasteiger partial charge in [-0.25, -0.2) is 0 Å². The first-order valence-corrected chi connectivity index (χ1v) is 12.7. The quantitative estimate of drug-likeness (QED) is 0.471. The third-order valence-corrected chi connectivity index (χ3v) is 7.52. The first-order valence-electron chi connectivity index (χ1n) is 12.7. The second-order valence-corrected chi connectivity index (χ2v) is 10.1. The van der Waals surface area contributed by atoms with Gasteiger partial charge in [0.25, 0.3) is 0 Å². The largest absolute Gasteiger partial charge is 0.492 e. The molecular weight excluding hydrogens is 472 g/mol. The van der Waals surface area contributed by atoms with Gasteiger partial charge in [-0.2, -0.15) is 0 Å². The molecule has 37 heavy (non-hydrogen) atoms. The summed E-state index contributed by atoms with van der Waals surface area (Å²) in [5, 5.41) is 19.2. The highest BCUT2D eigenvalue weighted by Gasteiger charge is 2.31. The summed E-state index contributed by atoms with van der Waals surface area (Å²) in [6.07, 6.45) is 1.13. The van der Waals surface area contributed by atoms with Gasteiger partial charge in [-0.15, -0.1) is 0 Å². The van der Waals surface area contributed by atoms with E-state index in [-0.39, 0.29) is 18.4 Å². The number of carbonyl (C=O) groups is 1. The van der Waals surface area contributed by atoms with Crippen LogP contribution in [0.25, 0.3) is 11.1 Å². The van der Waals surface area contributed by atoms with Gasteiger partial charge in [0.05, 0.1) is 26.2 Å². The van der Waals surface area contributed by atoms with Gasteiger partial charge in [-0.05, 0) is 71.3 Å². The molecule has 3 aromatic carbocycles. The van der Waals surface area contributed by atoms with Gasteiger partial charge in [0, 0.05) is 17.5 Å². The van der Waals surface area contributed by atoms with Gasteiger partial charge >= 0.3 is 5.97 Å². The number of benzene rings is 3. The molecule has 3 atom stereocenters. The number of aliphatic carboxylic acids is 1. The third-order valence-electron chi connectivity index (χ3n) is 7.52. The van der Waals surface area contributed by atoms with E-state index in [2.05, 4.69) is 37.3 Å². The number of ether oxygens (including phenoxy) is 4. The van der Waals surface area contributed by atoms with Crippen molar-refractivity contribution >= 4 is 5.97 Å². The number of fused-ring (bicyclic) bond motifs is 2. The van der Waals surface area contributed by atoms with Crippen LogP contribution in [0.15, 0.2) is 48.5 Å². The highest BCUT2D eigenvalue weighted by Crippen LogP contribution is 2.43. The first kappa shape index (κ1) is 23.8. The summed E-state index contributed by atoms with van der Waals surface area (Å²) in [6, 6.07) is 16.1. The zero-order valence-corrected chi connectivity index (χ0v) is 20.7. The summed E-state index contributed by atoms with van der Waals surface area (Å²) in [4.78, 5) is 11.1. The lowest BCUT2D eigenvalue weighted by atomic mass is 9.79. The maximum Gasteiger partial charge on any atom is 0.304 e. The van der Waals surface area contributed by atoms with Crippen LogP contribution in [-0.4, -0.2) is 48.2 Å². The van der Waals surface area contributed by atoms with E-state index < -0.39 is 12.1 Å². The molecule has 7 nitrogen and oxygen atoms in total. The summed E-state index contributed by atoms with van der Waals surface area (Å²) < 4.78 is 23.3. The molecule has 1 saturated heterocycles. The van der Waals surface area contributed by atoms with Gasteiger partial charge in [0.1, 0.15) is 36.1 Å². The molecule has 1 fully saturated rings. The van der Waals surface area contributed by atoms with Gasteiger partial charge in [-0.1, -0.05) is 24.3 Å². The van der Waals surface area contributed by atoms with Crippen LogP contribution in [0.5, 0.6) is 17.2 Å². The minimum Gasteiger partial charge on any atom is -0.492 e. The predicted octanol–water partition coefficient (Wildman–Crippen LogP) is 4.43. The Balaban J connectivity index is 1.18. The van der Waals surface area contributed by atoms with Crippen LogP contribution in [0.1, 0.15) is 40.2 Å². The van der Waals surface area contributed by atoms with Crippen LogP contribution >= 0.6 is 0 Å². The van der Waals surface area contributed by atoms with Crippen molar-refractivity contribution in [3.63, 3.8) is 0 Å². The number of aryl methyl sites for hydroxylation is 1. The Morgan fingerprint density at radius 1 is 1.05 bits per heavy atom. The van der Waals surface area contributed by atoms with E-state index >= 15 is 0 Å². The first-order chi connectivity index (χ1) is 18.0. The number of aliphatic hydroxyl groups is 1. The van der Waals surface area contributed by atoms with Gasteiger partial charge in [0.2, 0.25) is 0 Å². The SMILES string of the molecule is Cc1cc(OC2COCC2O)c2c(c1-c1cccc(COc3ccc4c(c3)OC[C@H]4CC(=O)O)c1)CC2. The lowest BCUT2D eigenvalue weighted by molar-refractivity contribution is -0.137. The average Bonchev–Trinajstić information content (AvgIpc) is 3.44. The fraction of sp³-hybridized carbons (Fsp3) is 0.367. The van der Waals surface area contributed by atoms with E-state index in [1.54, 1.807) is 0 Å². The van der Waals surface area contributed by atoms with Crippen LogP contribution < -0.4 is 14.2 Å². The van der Waals surface area contributed by atoms with E-state index in [0.717, 1.165) is 40.8 Å². The second-order valence-electron chi connectivity index (χ2n) is 10.1. The lowest BCUT2D eigenvalue weighted by Crippen LogP contribution is -2.31. The van der Waals surface area contributed by atoms with E-state index in [1.807, 2.05) is 18.2 Å². The molecule has 2 N–H and O–H groups in total. The maximum atomic E-state index is 11.1. The lowest BCUT2D eigenvalue weighted by Gasteiger charge is -2.29. The van der Waals surface area contributed by atoms with Crippen molar-refractivity contribution in [2.45, 2.75) is 50.9 Å². The monoisotopic (exact) mass is 502 g/mol. The van der Waals surface area contributed by atoms with E-state index in [1.165, 1.54) is 16.7 Å². The van der Waals surface area contributed by atoms with Crippen molar-refractivity contribution in [2.24, 2.45) is 0 Å². The zero-order chi connectivity index (χ0) is 25.5.